The van der Waals surface area contributed by atoms with Crippen molar-refractivity contribution >= 4 is 22.8 Å². The zero-order valence-electron chi connectivity index (χ0n) is 12.5. The Balaban J connectivity index is 2.01. The molecule has 0 spiro atoms. The number of hydrogen-bond donors (Lipinski definition) is 0. The summed E-state index contributed by atoms with van der Waals surface area (Å²) in [5.74, 6) is 0. The fourth-order valence-corrected chi connectivity index (χ4v) is 3.36. The third-order valence-electron chi connectivity index (χ3n) is 3.90. The number of thiazole rings is 1. The van der Waals surface area contributed by atoms with Crippen LogP contribution in [0, 0.1) is 0 Å². The van der Waals surface area contributed by atoms with Crippen LogP contribution in [0.2, 0.25) is 0 Å². The molecule has 6 heteroatoms. The Morgan fingerprint density at radius 3 is 2.65 bits per heavy atom. The summed E-state index contributed by atoms with van der Waals surface area (Å²) in [6, 6.07) is 0.642. The molecule has 1 atom stereocenters. The number of nitrogens with zero attached hydrogens (tertiary/aromatic N) is 3. The first-order valence-electron chi connectivity index (χ1n) is 7.12. The lowest BCUT2D eigenvalue weighted by atomic mass is 10.2. The molecule has 5 nitrogen and oxygen atoms in total. The first-order valence-corrected chi connectivity index (χ1v) is 7.94. The molecule has 0 radical (unpaired) electrons. The monoisotopic (exact) mass is 297 g/mol. The molecule has 1 aliphatic heterocycles. The van der Waals surface area contributed by atoms with E-state index >= 15 is 0 Å². The molecule has 2 rings (SSSR count). The Morgan fingerprint density at radius 1 is 1.40 bits per heavy atom. The maximum atomic E-state index is 11.1. The number of carbonyl (C=O) groups excluding carboxylic acids is 1. The van der Waals surface area contributed by atoms with Crippen LogP contribution < -0.4 is 4.90 Å². The van der Waals surface area contributed by atoms with Gasteiger partial charge in [0.15, 0.2) is 11.4 Å². The molecule has 2 heterocycles. The average molecular weight is 297 g/mol. The van der Waals surface area contributed by atoms with Crippen molar-refractivity contribution in [3.8, 4) is 0 Å². The van der Waals surface area contributed by atoms with Crippen molar-refractivity contribution in [3.63, 3.8) is 0 Å². The van der Waals surface area contributed by atoms with Gasteiger partial charge in [-0.25, -0.2) is 4.98 Å². The highest BCUT2D eigenvalue weighted by molar-refractivity contribution is 7.17. The van der Waals surface area contributed by atoms with Crippen LogP contribution >= 0.6 is 11.3 Å². The summed E-state index contributed by atoms with van der Waals surface area (Å²) in [4.78, 5) is 21.1. The SMILES string of the molecule is CCC(C)N1CCN(c2nc(COC)c(C=O)s2)CC1. The fraction of sp³-hybridized carbons (Fsp3) is 0.714. The first kappa shape index (κ1) is 15.4. The van der Waals surface area contributed by atoms with Gasteiger partial charge in [-0.3, -0.25) is 9.69 Å². The van der Waals surface area contributed by atoms with Gasteiger partial charge in [0, 0.05) is 39.3 Å². The molecule has 1 aliphatic rings. The molecular formula is C14H23N3O2S. The van der Waals surface area contributed by atoms with Crippen molar-refractivity contribution in [2.24, 2.45) is 0 Å². The van der Waals surface area contributed by atoms with Gasteiger partial charge in [-0.05, 0) is 13.3 Å². The standard InChI is InChI=1S/C14H23N3O2S/c1-4-11(2)16-5-7-17(8-6-16)14-15-12(10-19-3)13(9-18)20-14/h9,11H,4-8,10H2,1-3H3. The van der Waals surface area contributed by atoms with E-state index in [9.17, 15) is 4.79 Å². The van der Waals surface area contributed by atoms with Gasteiger partial charge in [0.25, 0.3) is 0 Å². The number of ether oxygens (including phenoxy) is 1. The van der Waals surface area contributed by atoms with Gasteiger partial charge in [0.2, 0.25) is 0 Å². The van der Waals surface area contributed by atoms with Gasteiger partial charge >= 0.3 is 0 Å². The molecule has 1 aromatic rings. The lowest BCUT2D eigenvalue weighted by molar-refractivity contribution is 0.112. The quantitative estimate of drug-likeness (QED) is 0.752. The normalized spacial score (nSPS) is 18.2. The fourth-order valence-electron chi connectivity index (χ4n) is 2.43. The van der Waals surface area contributed by atoms with Crippen LogP contribution in [0.15, 0.2) is 0 Å². The number of hydrogen-bond acceptors (Lipinski definition) is 6. The second-order valence-corrected chi connectivity index (χ2v) is 6.15. The number of methoxy groups -OCH3 is 1. The third kappa shape index (κ3) is 3.37. The highest BCUT2D eigenvalue weighted by atomic mass is 32.1. The molecule has 0 aliphatic carbocycles. The summed E-state index contributed by atoms with van der Waals surface area (Å²) in [6.07, 6.45) is 2.06. The van der Waals surface area contributed by atoms with Crippen LogP contribution in [-0.4, -0.2) is 55.5 Å². The zero-order chi connectivity index (χ0) is 14.5. The van der Waals surface area contributed by atoms with Gasteiger partial charge in [0.1, 0.15) is 0 Å². The van der Waals surface area contributed by atoms with E-state index in [1.165, 1.54) is 17.8 Å². The van der Waals surface area contributed by atoms with Crippen molar-refractivity contribution < 1.29 is 9.53 Å². The molecule has 0 aromatic carbocycles. The second-order valence-electron chi connectivity index (χ2n) is 5.14. The van der Waals surface area contributed by atoms with E-state index in [1.54, 1.807) is 7.11 Å². The number of carbonyl (C=O) groups is 1. The highest BCUT2D eigenvalue weighted by Crippen LogP contribution is 2.27. The van der Waals surface area contributed by atoms with Crippen molar-refractivity contribution in [3.05, 3.63) is 10.6 Å². The number of aldehydes is 1. The summed E-state index contributed by atoms with van der Waals surface area (Å²) < 4.78 is 5.09. The Hall–Kier alpha value is -0.980. The van der Waals surface area contributed by atoms with Crippen molar-refractivity contribution in [1.82, 2.24) is 9.88 Å². The molecular weight excluding hydrogens is 274 g/mol. The smallest absolute Gasteiger partial charge is 0.186 e. The number of piperazine rings is 1. The zero-order valence-corrected chi connectivity index (χ0v) is 13.3. The van der Waals surface area contributed by atoms with E-state index in [0.717, 1.165) is 43.3 Å². The minimum absolute atomic E-state index is 0.400. The summed E-state index contributed by atoms with van der Waals surface area (Å²) in [5.41, 5.74) is 0.756. The summed E-state index contributed by atoms with van der Waals surface area (Å²) in [5, 5.41) is 0.947. The van der Waals surface area contributed by atoms with Crippen LogP contribution in [0.5, 0.6) is 0 Å². The Labute approximate surface area is 124 Å². The largest absolute Gasteiger partial charge is 0.378 e. The highest BCUT2D eigenvalue weighted by Gasteiger charge is 2.23. The molecule has 0 bridgehead atoms. The molecule has 1 unspecified atom stereocenters. The Morgan fingerprint density at radius 2 is 2.10 bits per heavy atom. The van der Waals surface area contributed by atoms with Crippen molar-refractivity contribution in [2.45, 2.75) is 32.9 Å². The minimum Gasteiger partial charge on any atom is -0.378 e. The van der Waals surface area contributed by atoms with E-state index in [2.05, 4.69) is 28.6 Å². The number of aromatic nitrogens is 1. The molecule has 0 saturated carbocycles. The molecule has 0 amide bonds. The molecule has 112 valence electrons. The minimum atomic E-state index is 0.400. The second kappa shape index (κ2) is 7.15. The number of rotatable bonds is 6. The van der Waals surface area contributed by atoms with E-state index in [1.807, 2.05) is 0 Å². The van der Waals surface area contributed by atoms with Crippen molar-refractivity contribution in [2.75, 3.05) is 38.2 Å². The number of anilines is 1. The van der Waals surface area contributed by atoms with Gasteiger partial charge < -0.3 is 9.64 Å². The van der Waals surface area contributed by atoms with Crippen LogP contribution in [0.25, 0.3) is 0 Å². The first-order chi connectivity index (χ1) is 9.69. The summed E-state index contributed by atoms with van der Waals surface area (Å²) in [7, 11) is 1.62. The van der Waals surface area contributed by atoms with Crippen LogP contribution in [0.4, 0.5) is 5.13 Å². The summed E-state index contributed by atoms with van der Waals surface area (Å²) >= 11 is 1.47. The van der Waals surface area contributed by atoms with E-state index in [4.69, 9.17) is 4.74 Å². The van der Waals surface area contributed by atoms with Gasteiger partial charge in [-0.15, -0.1) is 0 Å². The predicted molar refractivity (Wildman–Crippen MR) is 81.8 cm³/mol. The Bertz CT molecular complexity index is 442. The Kier molecular flexibility index (Phi) is 5.51. The van der Waals surface area contributed by atoms with Gasteiger partial charge in [0.05, 0.1) is 17.2 Å². The molecule has 0 N–H and O–H groups in total. The van der Waals surface area contributed by atoms with Crippen LogP contribution in [-0.2, 0) is 11.3 Å². The molecule has 1 fully saturated rings. The maximum Gasteiger partial charge on any atom is 0.186 e. The maximum absolute atomic E-state index is 11.1. The van der Waals surface area contributed by atoms with Crippen LogP contribution in [0.3, 0.4) is 0 Å². The van der Waals surface area contributed by atoms with Crippen molar-refractivity contribution in [1.29, 1.82) is 0 Å². The van der Waals surface area contributed by atoms with E-state index in [-0.39, 0.29) is 0 Å². The van der Waals surface area contributed by atoms with E-state index < -0.39 is 0 Å². The van der Waals surface area contributed by atoms with Crippen LogP contribution in [0.1, 0.15) is 35.6 Å². The van der Waals surface area contributed by atoms with Gasteiger partial charge in [-0.1, -0.05) is 18.3 Å². The topological polar surface area (TPSA) is 45.7 Å². The molecule has 1 aromatic heterocycles. The van der Waals surface area contributed by atoms with Gasteiger partial charge in [-0.2, -0.15) is 0 Å². The predicted octanol–water partition coefficient (Wildman–Crippen LogP) is 2.02. The third-order valence-corrected chi connectivity index (χ3v) is 4.99. The lowest BCUT2D eigenvalue weighted by Gasteiger charge is -2.37. The molecule has 1 saturated heterocycles. The average Bonchev–Trinajstić information content (AvgIpc) is 2.90. The molecule has 20 heavy (non-hydrogen) atoms. The summed E-state index contributed by atoms with van der Waals surface area (Å²) in [6.45, 7) is 8.98. The van der Waals surface area contributed by atoms with E-state index in [0.29, 0.717) is 17.5 Å². The lowest BCUT2D eigenvalue weighted by Crippen LogP contribution is -2.49.